The van der Waals surface area contributed by atoms with Crippen LogP contribution < -0.4 is 0 Å². The lowest BCUT2D eigenvalue weighted by molar-refractivity contribution is -0.138. The molecule has 5 nitrogen and oxygen atoms in total. The third kappa shape index (κ3) is 3.89. The van der Waals surface area contributed by atoms with Gasteiger partial charge >= 0.3 is 5.97 Å². The predicted molar refractivity (Wildman–Crippen MR) is 67.6 cm³/mol. The topological polar surface area (TPSA) is 70.5 Å². The van der Waals surface area contributed by atoms with Crippen LogP contribution in [0.5, 0.6) is 0 Å². The summed E-state index contributed by atoms with van der Waals surface area (Å²) in [6.45, 7) is 4.52. The molecule has 19 heavy (non-hydrogen) atoms. The molecule has 0 aliphatic heterocycles. The third-order valence-electron chi connectivity index (χ3n) is 2.38. The Bertz CT molecular complexity index is 514. The molecular formula is C12H14ClFN2O3. The van der Waals surface area contributed by atoms with Gasteiger partial charge in [-0.15, -0.1) is 0 Å². The van der Waals surface area contributed by atoms with Crippen molar-refractivity contribution in [2.45, 2.75) is 26.3 Å². The van der Waals surface area contributed by atoms with Crippen molar-refractivity contribution < 1.29 is 19.1 Å². The molecule has 1 aromatic rings. The number of pyridine rings is 1. The van der Waals surface area contributed by atoms with E-state index in [0.29, 0.717) is 0 Å². The summed E-state index contributed by atoms with van der Waals surface area (Å²) in [6, 6.07) is 0.943. The van der Waals surface area contributed by atoms with E-state index >= 15 is 0 Å². The van der Waals surface area contributed by atoms with E-state index in [2.05, 4.69) is 4.98 Å². The van der Waals surface area contributed by atoms with Crippen LogP contribution in [-0.2, 0) is 4.79 Å². The molecule has 0 aromatic carbocycles. The van der Waals surface area contributed by atoms with Gasteiger partial charge in [-0.3, -0.25) is 9.59 Å². The van der Waals surface area contributed by atoms with Crippen molar-refractivity contribution in [3.8, 4) is 0 Å². The summed E-state index contributed by atoms with van der Waals surface area (Å²) in [5.74, 6) is -2.55. The van der Waals surface area contributed by atoms with E-state index in [9.17, 15) is 14.0 Å². The number of aromatic nitrogens is 1. The lowest BCUT2D eigenvalue weighted by Crippen LogP contribution is -2.48. The molecule has 7 heteroatoms. The molecule has 0 fully saturated rings. The van der Waals surface area contributed by atoms with E-state index in [1.807, 2.05) is 0 Å². The summed E-state index contributed by atoms with van der Waals surface area (Å²) in [6.07, 6.45) is 0.887. The van der Waals surface area contributed by atoms with Gasteiger partial charge in [0.15, 0.2) is 0 Å². The fourth-order valence-corrected chi connectivity index (χ4v) is 1.65. The van der Waals surface area contributed by atoms with E-state index in [4.69, 9.17) is 16.7 Å². The molecule has 0 saturated heterocycles. The van der Waals surface area contributed by atoms with Crippen molar-refractivity contribution in [2.24, 2.45) is 0 Å². The van der Waals surface area contributed by atoms with Crippen LogP contribution in [-0.4, -0.2) is 39.0 Å². The number of rotatable bonds is 3. The normalized spacial score (nSPS) is 11.2. The highest BCUT2D eigenvalue weighted by Crippen LogP contribution is 2.21. The SMILES string of the molecule is CC(C)(C)N(CC(=O)O)C(=O)c1cc(F)cnc1Cl. The van der Waals surface area contributed by atoms with Gasteiger partial charge in [-0.05, 0) is 26.8 Å². The molecule has 0 spiro atoms. The number of aliphatic carboxylic acids is 1. The number of nitrogens with zero attached hydrogens (tertiary/aromatic N) is 2. The first kappa shape index (κ1) is 15.4. The molecule has 1 rings (SSSR count). The Labute approximate surface area is 115 Å². The Morgan fingerprint density at radius 3 is 2.53 bits per heavy atom. The first-order valence-corrected chi connectivity index (χ1v) is 5.85. The smallest absolute Gasteiger partial charge is 0.323 e. The van der Waals surface area contributed by atoms with Gasteiger partial charge < -0.3 is 10.0 Å². The zero-order chi connectivity index (χ0) is 14.8. The van der Waals surface area contributed by atoms with Gasteiger partial charge in [0.1, 0.15) is 17.5 Å². The van der Waals surface area contributed by atoms with E-state index in [1.165, 1.54) is 0 Å². The standard InChI is InChI=1S/C12H14ClFN2O3/c1-12(2,3)16(6-9(17)18)11(19)8-4-7(14)5-15-10(8)13/h4-5H,6H2,1-3H3,(H,17,18). The highest BCUT2D eigenvalue weighted by molar-refractivity contribution is 6.32. The lowest BCUT2D eigenvalue weighted by atomic mass is 10.0. The Hall–Kier alpha value is -1.69. The largest absolute Gasteiger partial charge is 0.480 e. The highest BCUT2D eigenvalue weighted by Gasteiger charge is 2.30. The summed E-state index contributed by atoms with van der Waals surface area (Å²) >= 11 is 5.75. The minimum atomic E-state index is -1.16. The molecule has 1 amide bonds. The van der Waals surface area contributed by atoms with E-state index in [1.54, 1.807) is 20.8 Å². The van der Waals surface area contributed by atoms with Crippen molar-refractivity contribution in [1.29, 1.82) is 0 Å². The van der Waals surface area contributed by atoms with Gasteiger partial charge in [0.2, 0.25) is 0 Å². The zero-order valence-electron chi connectivity index (χ0n) is 10.8. The van der Waals surface area contributed by atoms with Crippen molar-refractivity contribution in [2.75, 3.05) is 6.54 Å². The average Bonchev–Trinajstić information content (AvgIpc) is 2.26. The number of halogens is 2. The maximum absolute atomic E-state index is 13.1. The molecule has 0 saturated carbocycles. The van der Waals surface area contributed by atoms with Gasteiger partial charge in [0.25, 0.3) is 5.91 Å². The number of carbonyl (C=O) groups is 2. The first-order valence-electron chi connectivity index (χ1n) is 5.47. The Kier molecular flexibility index (Phi) is 4.47. The van der Waals surface area contributed by atoms with Crippen LogP contribution in [0.2, 0.25) is 5.15 Å². The summed E-state index contributed by atoms with van der Waals surface area (Å²) in [4.78, 5) is 27.7. The van der Waals surface area contributed by atoms with Gasteiger partial charge in [0, 0.05) is 5.54 Å². The fourth-order valence-electron chi connectivity index (χ4n) is 1.47. The van der Waals surface area contributed by atoms with Crippen molar-refractivity contribution in [3.63, 3.8) is 0 Å². The molecule has 104 valence electrons. The van der Waals surface area contributed by atoms with Gasteiger partial charge in [-0.2, -0.15) is 0 Å². The summed E-state index contributed by atoms with van der Waals surface area (Å²) in [7, 11) is 0. The summed E-state index contributed by atoms with van der Waals surface area (Å²) in [5, 5.41) is 8.69. The molecule has 0 aliphatic rings. The molecule has 0 unspecified atom stereocenters. The van der Waals surface area contributed by atoms with Gasteiger partial charge in [0.05, 0.1) is 11.8 Å². The van der Waals surface area contributed by atoms with Crippen LogP contribution in [0.4, 0.5) is 4.39 Å². The monoisotopic (exact) mass is 288 g/mol. The maximum Gasteiger partial charge on any atom is 0.323 e. The molecule has 0 aliphatic carbocycles. The quantitative estimate of drug-likeness (QED) is 0.866. The third-order valence-corrected chi connectivity index (χ3v) is 2.69. The zero-order valence-corrected chi connectivity index (χ0v) is 11.5. The number of hydrogen-bond acceptors (Lipinski definition) is 3. The summed E-state index contributed by atoms with van der Waals surface area (Å²) < 4.78 is 13.1. The number of carbonyl (C=O) groups excluding carboxylic acids is 1. The molecule has 1 aromatic heterocycles. The Morgan fingerprint density at radius 1 is 1.47 bits per heavy atom. The fraction of sp³-hybridized carbons (Fsp3) is 0.417. The minimum absolute atomic E-state index is 0.155. The van der Waals surface area contributed by atoms with Crippen LogP contribution in [0.25, 0.3) is 0 Å². The van der Waals surface area contributed by atoms with Gasteiger partial charge in [-0.1, -0.05) is 11.6 Å². The van der Waals surface area contributed by atoms with Crippen LogP contribution in [0.15, 0.2) is 12.3 Å². The average molecular weight is 289 g/mol. The van der Waals surface area contributed by atoms with Crippen molar-refractivity contribution in [1.82, 2.24) is 9.88 Å². The minimum Gasteiger partial charge on any atom is -0.480 e. The van der Waals surface area contributed by atoms with E-state index in [0.717, 1.165) is 17.2 Å². The number of carboxylic acid groups (broad SMARTS) is 1. The number of amides is 1. The van der Waals surface area contributed by atoms with Crippen LogP contribution in [0.3, 0.4) is 0 Å². The van der Waals surface area contributed by atoms with E-state index in [-0.39, 0.29) is 10.7 Å². The first-order chi connectivity index (χ1) is 8.62. The van der Waals surface area contributed by atoms with Gasteiger partial charge in [-0.25, -0.2) is 9.37 Å². The molecule has 0 bridgehead atoms. The molecule has 1 N–H and O–H groups in total. The number of carboxylic acids is 1. The lowest BCUT2D eigenvalue weighted by Gasteiger charge is -2.34. The second-order valence-electron chi connectivity index (χ2n) is 4.95. The predicted octanol–water partition coefficient (Wildman–Crippen LogP) is 2.20. The Morgan fingerprint density at radius 2 is 2.05 bits per heavy atom. The Balaban J connectivity index is 3.19. The number of hydrogen-bond donors (Lipinski definition) is 1. The molecular weight excluding hydrogens is 275 g/mol. The summed E-state index contributed by atoms with van der Waals surface area (Å²) in [5.41, 5.74) is -0.900. The van der Waals surface area contributed by atoms with E-state index < -0.39 is 29.8 Å². The van der Waals surface area contributed by atoms with Crippen LogP contribution in [0.1, 0.15) is 31.1 Å². The van der Waals surface area contributed by atoms with Crippen LogP contribution >= 0.6 is 11.6 Å². The molecule has 0 atom stereocenters. The molecule has 0 radical (unpaired) electrons. The second-order valence-corrected chi connectivity index (χ2v) is 5.31. The molecule has 1 heterocycles. The van der Waals surface area contributed by atoms with Crippen molar-refractivity contribution >= 4 is 23.5 Å². The second kappa shape index (κ2) is 5.52. The maximum atomic E-state index is 13.1. The highest BCUT2D eigenvalue weighted by atomic mass is 35.5. The van der Waals surface area contributed by atoms with Crippen molar-refractivity contribution in [3.05, 3.63) is 28.8 Å². The van der Waals surface area contributed by atoms with Crippen LogP contribution in [0, 0.1) is 5.82 Å².